The molecule has 0 radical (unpaired) electrons. The van der Waals surface area contributed by atoms with Gasteiger partial charge in [-0.1, -0.05) is 0 Å². The minimum absolute atomic E-state index is 0.275. The topological polar surface area (TPSA) is 75.6 Å². The lowest BCUT2D eigenvalue weighted by molar-refractivity contribution is -0.146. The molecule has 9 heteroatoms. The Labute approximate surface area is 118 Å². The molecule has 0 fully saturated rings. The van der Waals surface area contributed by atoms with Crippen molar-refractivity contribution in [1.82, 2.24) is 20.0 Å². The molecule has 2 N–H and O–H groups in total. The summed E-state index contributed by atoms with van der Waals surface area (Å²) < 4.78 is 40.6. The van der Waals surface area contributed by atoms with Crippen LogP contribution in [0.4, 0.5) is 18.9 Å². The zero-order valence-electron chi connectivity index (χ0n) is 11.6. The molecule has 0 aliphatic heterocycles. The number of hydrogen-bond acceptors (Lipinski definition) is 3. The highest BCUT2D eigenvalue weighted by Gasteiger charge is 2.42. The molecular formula is C12H14F3N5O. The number of aromatic amines is 1. The number of H-pyrrole nitrogens is 1. The number of rotatable bonds is 2. The first-order chi connectivity index (χ1) is 9.60. The van der Waals surface area contributed by atoms with E-state index in [1.807, 2.05) is 0 Å². The molecule has 0 aliphatic rings. The summed E-state index contributed by atoms with van der Waals surface area (Å²) in [7, 11) is 0. The Bertz CT molecular complexity index is 637. The normalized spacial score (nSPS) is 12.5. The van der Waals surface area contributed by atoms with Crippen molar-refractivity contribution in [3.63, 3.8) is 0 Å². The number of amides is 1. The fraction of sp³-hybridized carbons (Fsp3) is 0.417. The number of carbonyl (C=O) groups is 1. The summed E-state index contributed by atoms with van der Waals surface area (Å²) in [6.07, 6.45) is -1.12. The van der Waals surface area contributed by atoms with E-state index in [-0.39, 0.29) is 5.69 Å². The van der Waals surface area contributed by atoms with Crippen LogP contribution in [0, 0.1) is 0 Å². The Morgan fingerprint density at radius 1 is 1.29 bits per heavy atom. The minimum atomic E-state index is -4.69. The first kappa shape index (κ1) is 15.1. The Morgan fingerprint density at radius 3 is 2.43 bits per heavy atom. The van der Waals surface area contributed by atoms with Crippen molar-refractivity contribution in [2.75, 3.05) is 5.32 Å². The Kier molecular flexibility index (Phi) is 3.52. The zero-order valence-corrected chi connectivity index (χ0v) is 11.6. The standard InChI is InChI=1S/C12H14F3N5O/c1-11(2,3)20-9(12(13,14)15)8(6-18-20)10(21)19-7-4-16-17-5-7/h4-6H,1-3H3,(H,16,17)(H,19,21). The number of carbonyl (C=O) groups excluding carboxylic acids is 1. The van der Waals surface area contributed by atoms with E-state index in [1.54, 1.807) is 20.8 Å². The molecule has 0 bridgehead atoms. The Hall–Kier alpha value is -2.32. The molecule has 0 aromatic carbocycles. The van der Waals surface area contributed by atoms with Crippen molar-refractivity contribution in [3.05, 3.63) is 29.8 Å². The smallest absolute Gasteiger partial charge is 0.319 e. The molecule has 0 saturated carbocycles. The Balaban J connectivity index is 2.45. The van der Waals surface area contributed by atoms with Crippen LogP contribution in [-0.2, 0) is 11.7 Å². The lowest BCUT2D eigenvalue weighted by atomic mass is 10.1. The summed E-state index contributed by atoms with van der Waals surface area (Å²) >= 11 is 0. The minimum Gasteiger partial charge on any atom is -0.319 e. The molecule has 2 aromatic rings. The van der Waals surface area contributed by atoms with Crippen LogP contribution in [0.2, 0.25) is 0 Å². The lowest BCUT2D eigenvalue weighted by Gasteiger charge is -2.23. The van der Waals surface area contributed by atoms with Crippen molar-refractivity contribution in [3.8, 4) is 0 Å². The third kappa shape index (κ3) is 3.06. The highest BCUT2D eigenvalue weighted by atomic mass is 19.4. The van der Waals surface area contributed by atoms with Crippen LogP contribution in [0.15, 0.2) is 18.6 Å². The van der Waals surface area contributed by atoms with Gasteiger partial charge < -0.3 is 5.32 Å². The van der Waals surface area contributed by atoms with Crippen LogP contribution in [0.3, 0.4) is 0 Å². The zero-order chi connectivity index (χ0) is 15.8. The van der Waals surface area contributed by atoms with E-state index in [0.29, 0.717) is 0 Å². The molecule has 1 amide bonds. The van der Waals surface area contributed by atoms with Gasteiger partial charge in [-0.15, -0.1) is 0 Å². The van der Waals surface area contributed by atoms with Crippen LogP contribution < -0.4 is 5.32 Å². The summed E-state index contributed by atoms with van der Waals surface area (Å²) in [6.45, 7) is 4.73. The number of hydrogen-bond donors (Lipinski definition) is 2. The van der Waals surface area contributed by atoms with E-state index in [4.69, 9.17) is 0 Å². The third-order valence-corrected chi connectivity index (χ3v) is 2.67. The fourth-order valence-corrected chi connectivity index (χ4v) is 1.81. The van der Waals surface area contributed by atoms with Gasteiger partial charge >= 0.3 is 6.18 Å². The lowest BCUT2D eigenvalue weighted by Crippen LogP contribution is -2.30. The van der Waals surface area contributed by atoms with Gasteiger partial charge in [0.2, 0.25) is 0 Å². The average molecular weight is 301 g/mol. The molecular weight excluding hydrogens is 287 g/mol. The van der Waals surface area contributed by atoms with Gasteiger partial charge in [-0.25, -0.2) is 0 Å². The fourth-order valence-electron chi connectivity index (χ4n) is 1.81. The average Bonchev–Trinajstić information content (AvgIpc) is 2.94. The first-order valence-electron chi connectivity index (χ1n) is 6.06. The Morgan fingerprint density at radius 2 is 1.95 bits per heavy atom. The first-order valence-corrected chi connectivity index (χ1v) is 6.06. The predicted molar refractivity (Wildman–Crippen MR) is 68.8 cm³/mol. The molecule has 2 rings (SSSR count). The van der Waals surface area contributed by atoms with Crippen molar-refractivity contribution in [1.29, 1.82) is 0 Å². The third-order valence-electron chi connectivity index (χ3n) is 2.67. The van der Waals surface area contributed by atoms with Gasteiger partial charge in [-0.2, -0.15) is 23.4 Å². The monoisotopic (exact) mass is 301 g/mol. The number of nitrogens with one attached hydrogen (secondary N) is 2. The molecule has 0 saturated heterocycles. The molecule has 114 valence electrons. The van der Waals surface area contributed by atoms with Crippen molar-refractivity contribution >= 4 is 11.6 Å². The van der Waals surface area contributed by atoms with Crippen LogP contribution in [0.25, 0.3) is 0 Å². The number of alkyl halides is 3. The van der Waals surface area contributed by atoms with Crippen LogP contribution in [0.5, 0.6) is 0 Å². The number of nitrogens with zero attached hydrogens (tertiary/aromatic N) is 3. The summed E-state index contributed by atoms with van der Waals surface area (Å²) in [6, 6.07) is 0. The quantitative estimate of drug-likeness (QED) is 0.895. The van der Waals surface area contributed by atoms with E-state index in [1.165, 1.54) is 12.4 Å². The van der Waals surface area contributed by atoms with E-state index < -0.39 is 28.9 Å². The summed E-state index contributed by atoms with van der Waals surface area (Å²) in [5.74, 6) is -0.890. The molecule has 6 nitrogen and oxygen atoms in total. The SMILES string of the molecule is CC(C)(C)n1ncc(C(=O)Nc2cn[nH]c2)c1C(F)(F)F. The highest BCUT2D eigenvalue weighted by molar-refractivity contribution is 6.04. The molecule has 0 atom stereocenters. The van der Waals surface area contributed by atoms with Crippen molar-refractivity contribution in [2.45, 2.75) is 32.5 Å². The molecule has 0 aliphatic carbocycles. The number of anilines is 1. The second-order valence-corrected chi connectivity index (χ2v) is 5.43. The van der Waals surface area contributed by atoms with Crippen LogP contribution in [-0.4, -0.2) is 25.9 Å². The molecule has 2 aromatic heterocycles. The summed E-state index contributed by atoms with van der Waals surface area (Å²) in [4.78, 5) is 12.0. The van der Waals surface area contributed by atoms with Crippen LogP contribution >= 0.6 is 0 Å². The second-order valence-electron chi connectivity index (χ2n) is 5.43. The van der Waals surface area contributed by atoms with Crippen LogP contribution in [0.1, 0.15) is 36.8 Å². The predicted octanol–water partition coefficient (Wildman–Crippen LogP) is 2.63. The van der Waals surface area contributed by atoms with Gasteiger partial charge in [0, 0.05) is 6.20 Å². The van der Waals surface area contributed by atoms with Gasteiger partial charge in [-0.3, -0.25) is 14.6 Å². The van der Waals surface area contributed by atoms with E-state index in [0.717, 1.165) is 10.9 Å². The van der Waals surface area contributed by atoms with Gasteiger partial charge in [-0.05, 0) is 20.8 Å². The second kappa shape index (κ2) is 4.90. The van der Waals surface area contributed by atoms with Gasteiger partial charge in [0.1, 0.15) is 0 Å². The molecule has 0 spiro atoms. The number of halogens is 3. The number of aromatic nitrogens is 4. The van der Waals surface area contributed by atoms with E-state index in [2.05, 4.69) is 20.6 Å². The maximum atomic E-state index is 13.3. The summed E-state index contributed by atoms with van der Waals surface area (Å²) in [5.41, 5.74) is -2.23. The van der Waals surface area contributed by atoms with Gasteiger partial charge in [0.25, 0.3) is 5.91 Å². The molecule has 21 heavy (non-hydrogen) atoms. The van der Waals surface area contributed by atoms with Gasteiger partial charge in [0.15, 0.2) is 5.69 Å². The largest absolute Gasteiger partial charge is 0.433 e. The maximum absolute atomic E-state index is 13.3. The maximum Gasteiger partial charge on any atom is 0.433 e. The van der Waals surface area contributed by atoms with Crippen molar-refractivity contribution in [2.24, 2.45) is 0 Å². The molecule has 2 heterocycles. The highest BCUT2D eigenvalue weighted by Crippen LogP contribution is 2.35. The van der Waals surface area contributed by atoms with Gasteiger partial charge in [0.05, 0.1) is 29.2 Å². The summed E-state index contributed by atoms with van der Waals surface area (Å²) in [5, 5.41) is 12.1. The molecule has 0 unspecified atom stereocenters. The van der Waals surface area contributed by atoms with Crippen molar-refractivity contribution < 1.29 is 18.0 Å². The van der Waals surface area contributed by atoms with E-state index in [9.17, 15) is 18.0 Å². The van der Waals surface area contributed by atoms with E-state index >= 15 is 0 Å².